The molecule has 1 amide bonds. The maximum atomic E-state index is 13.3. The van der Waals surface area contributed by atoms with Gasteiger partial charge < -0.3 is 0 Å². The molecule has 164 valence electrons. The molecule has 4 heterocycles. The number of benzene rings is 1. The maximum Gasteiger partial charge on any atom is 0.334 e. The van der Waals surface area contributed by atoms with Crippen LogP contribution in [0.2, 0.25) is 0 Å². The number of carbonyl (C=O) groups excluding carboxylic acids is 1. The molecule has 0 bridgehead atoms. The smallest absolute Gasteiger partial charge is 0.298 e. The van der Waals surface area contributed by atoms with Crippen molar-refractivity contribution in [2.24, 2.45) is 0 Å². The largest absolute Gasteiger partial charge is 0.334 e. The SMILES string of the molecule is Cc1c(-c2ccc([N+](=O)[O-])cc2)sc2[nH]c(=O)n(-c3ccc(N4C=CCC4=O)nc3)c(=O)c12. The van der Waals surface area contributed by atoms with Crippen molar-refractivity contribution in [1.82, 2.24) is 14.5 Å². The van der Waals surface area contributed by atoms with Gasteiger partial charge in [0.2, 0.25) is 5.91 Å². The molecule has 1 aromatic carbocycles. The van der Waals surface area contributed by atoms with Gasteiger partial charge in [-0.3, -0.25) is 29.6 Å². The first-order valence-corrected chi connectivity index (χ1v) is 10.6. The summed E-state index contributed by atoms with van der Waals surface area (Å²) >= 11 is 1.24. The Hall–Kier alpha value is -4.38. The van der Waals surface area contributed by atoms with Crippen LogP contribution >= 0.6 is 11.3 Å². The standard InChI is InChI=1S/C22H15N5O5S/c1-12-18-20(33-19(12)13-4-6-14(7-5-13)27(31)32)24-22(30)26(21(18)29)15-8-9-16(23-11-15)25-10-2-3-17(25)28/h2,4-11H,3H2,1H3,(H,24,30). The molecule has 1 aliphatic heterocycles. The molecule has 1 aliphatic rings. The molecule has 3 aromatic heterocycles. The van der Waals surface area contributed by atoms with Gasteiger partial charge in [-0.2, -0.15) is 0 Å². The summed E-state index contributed by atoms with van der Waals surface area (Å²) in [5, 5.41) is 11.3. The van der Waals surface area contributed by atoms with E-state index in [2.05, 4.69) is 9.97 Å². The van der Waals surface area contributed by atoms with E-state index in [1.807, 2.05) is 0 Å². The second-order valence-electron chi connectivity index (χ2n) is 7.36. The molecule has 0 unspecified atom stereocenters. The number of hydrogen-bond donors (Lipinski definition) is 1. The van der Waals surface area contributed by atoms with Gasteiger partial charge in [0, 0.05) is 29.6 Å². The first-order valence-electron chi connectivity index (χ1n) is 9.83. The van der Waals surface area contributed by atoms with Crippen molar-refractivity contribution in [3.63, 3.8) is 0 Å². The highest BCUT2D eigenvalue weighted by Crippen LogP contribution is 2.36. The quantitative estimate of drug-likeness (QED) is 0.367. The lowest BCUT2D eigenvalue weighted by Crippen LogP contribution is -2.33. The van der Waals surface area contributed by atoms with E-state index in [1.165, 1.54) is 34.6 Å². The Labute approximate surface area is 189 Å². The Morgan fingerprint density at radius 1 is 1.12 bits per heavy atom. The van der Waals surface area contributed by atoms with E-state index in [9.17, 15) is 24.5 Å². The molecule has 0 saturated carbocycles. The summed E-state index contributed by atoms with van der Waals surface area (Å²) in [4.78, 5) is 57.9. The van der Waals surface area contributed by atoms with Gasteiger partial charge in [-0.25, -0.2) is 14.3 Å². The Morgan fingerprint density at radius 2 is 1.88 bits per heavy atom. The van der Waals surface area contributed by atoms with Crippen LogP contribution in [0.1, 0.15) is 12.0 Å². The highest BCUT2D eigenvalue weighted by atomic mass is 32.1. The van der Waals surface area contributed by atoms with E-state index in [0.717, 1.165) is 9.44 Å². The minimum atomic E-state index is -0.615. The molecule has 11 heteroatoms. The number of hydrogen-bond acceptors (Lipinski definition) is 7. The van der Waals surface area contributed by atoms with Crippen LogP contribution in [0.15, 0.2) is 64.5 Å². The molecule has 0 radical (unpaired) electrons. The highest BCUT2D eigenvalue weighted by molar-refractivity contribution is 7.22. The number of nitrogens with one attached hydrogen (secondary N) is 1. The second-order valence-corrected chi connectivity index (χ2v) is 8.38. The number of aromatic nitrogens is 3. The lowest BCUT2D eigenvalue weighted by Gasteiger charge is -2.13. The molecule has 0 atom stereocenters. The number of aryl methyl sites for hydroxylation is 1. The first kappa shape index (κ1) is 20.5. The normalized spacial score (nSPS) is 13.2. The summed E-state index contributed by atoms with van der Waals surface area (Å²) in [5.41, 5.74) is 0.495. The van der Waals surface area contributed by atoms with Crippen LogP contribution < -0.4 is 16.1 Å². The third-order valence-electron chi connectivity index (χ3n) is 5.38. The van der Waals surface area contributed by atoms with Gasteiger partial charge in [-0.1, -0.05) is 6.08 Å². The minimum Gasteiger partial charge on any atom is -0.298 e. The number of amides is 1. The maximum absolute atomic E-state index is 13.3. The van der Waals surface area contributed by atoms with Crippen LogP contribution in [0.3, 0.4) is 0 Å². The molecular weight excluding hydrogens is 446 g/mol. The van der Waals surface area contributed by atoms with Crippen molar-refractivity contribution in [2.75, 3.05) is 4.90 Å². The third-order valence-corrected chi connectivity index (χ3v) is 6.64. The van der Waals surface area contributed by atoms with Gasteiger partial charge >= 0.3 is 5.69 Å². The average molecular weight is 461 g/mol. The number of nitro benzene ring substituents is 1. The Morgan fingerprint density at radius 3 is 2.48 bits per heavy atom. The fraction of sp³-hybridized carbons (Fsp3) is 0.0909. The van der Waals surface area contributed by atoms with Crippen molar-refractivity contribution in [1.29, 1.82) is 0 Å². The predicted octanol–water partition coefficient (Wildman–Crippen LogP) is 3.27. The van der Waals surface area contributed by atoms with Crippen molar-refractivity contribution in [3.8, 4) is 16.1 Å². The minimum absolute atomic E-state index is 0.0321. The first-order chi connectivity index (χ1) is 15.8. The number of fused-ring (bicyclic) bond motifs is 1. The molecule has 0 aliphatic carbocycles. The van der Waals surface area contributed by atoms with E-state index in [-0.39, 0.29) is 17.3 Å². The van der Waals surface area contributed by atoms with E-state index >= 15 is 0 Å². The van der Waals surface area contributed by atoms with Crippen LogP contribution in [0, 0.1) is 17.0 Å². The fourth-order valence-electron chi connectivity index (χ4n) is 3.76. The fourth-order valence-corrected chi connectivity index (χ4v) is 4.95. The van der Waals surface area contributed by atoms with Crippen molar-refractivity contribution >= 4 is 39.0 Å². The zero-order valence-electron chi connectivity index (χ0n) is 17.1. The van der Waals surface area contributed by atoms with Gasteiger partial charge in [-0.05, 0) is 42.3 Å². The monoisotopic (exact) mass is 461 g/mol. The van der Waals surface area contributed by atoms with E-state index in [4.69, 9.17) is 0 Å². The number of pyridine rings is 1. The average Bonchev–Trinajstić information content (AvgIpc) is 3.37. The molecule has 5 rings (SSSR count). The molecule has 1 N–H and O–H groups in total. The number of thiophene rings is 1. The van der Waals surface area contributed by atoms with Gasteiger partial charge in [0.1, 0.15) is 10.6 Å². The second kappa shape index (κ2) is 7.64. The van der Waals surface area contributed by atoms with E-state index < -0.39 is 16.2 Å². The summed E-state index contributed by atoms with van der Waals surface area (Å²) < 4.78 is 1.00. The number of rotatable bonds is 4. The van der Waals surface area contributed by atoms with Crippen LogP contribution in [0.5, 0.6) is 0 Å². The summed E-state index contributed by atoms with van der Waals surface area (Å²) in [5.74, 6) is 0.287. The third kappa shape index (κ3) is 3.34. The van der Waals surface area contributed by atoms with E-state index in [0.29, 0.717) is 33.6 Å². The number of H-pyrrole nitrogens is 1. The lowest BCUT2D eigenvalue weighted by molar-refractivity contribution is -0.384. The van der Waals surface area contributed by atoms with E-state index in [1.54, 1.807) is 43.5 Å². The van der Waals surface area contributed by atoms with Crippen LogP contribution in [-0.2, 0) is 4.79 Å². The van der Waals surface area contributed by atoms with Crippen LogP contribution in [-0.4, -0.2) is 25.4 Å². The Bertz CT molecular complexity index is 1580. The number of nitro groups is 1. The van der Waals surface area contributed by atoms with Crippen LogP contribution in [0.4, 0.5) is 11.5 Å². The van der Waals surface area contributed by atoms with Gasteiger partial charge in [0.05, 0.1) is 22.2 Å². The topological polar surface area (TPSA) is 131 Å². The molecule has 0 spiro atoms. The number of aromatic amines is 1. The summed E-state index contributed by atoms with van der Waals surface area (Å²) in [7, 11) is 0. The van der Waals surface area contributed by atoms with Crippen molar-refractivity contribution in [3.05, 3.63) is 91.4 Å². The number of anilines is 1. The molecular formula is C22H15N5O5S. The Balaban J connectivity index is 1.60. The Kier molecular flexibility index (Phi) is 4.75. The summed E-state index contributed by atoms with van der Waals surface area (Å²) in [6.07, 6.45) is 5.02. The molecule has 4 aromatic rings. The summed E-state index contributed by atoms with van der Waals surface area (Å²) in [6, 6.07) is 9.15. The molecule has 10 nitrogen and oxygen atoms in total. The van der Waals surface area contributed by atoms with Gasteiger partial charge in [0.25, 0.3) is 11.2 Å². The summed E-state index contributed by atoms with van der Waals surface area (Å²) in [6.45, 7) is 1.77. The molecule has 33 heavy (non-hydrogen) atoms. The molecule has 0 saturated heterocycles. The van der Waals surface area contributed by atoms with Gasteiger partial charge in [0.15, 0.2) is 0 Å². The number of non-ortho nitro benzene ring substituents is 1. The number of carbonyl (C=O) groups is 1. The number of nitrogens with zero attached hydrogens (tertiary/aromatic N) is 4. The van der Waals surface area contributed by atoms with Crippen molar-refractivity contribution in [2.45, 2.75) is 13.3 Å². The zero-order valence-corrected chi connectivity index (χ0v) is 18.0. The highest BCUT2D eigenvalue weighted by Gasteiger charge is 2.20. The molecule has 0 fully saturated rings. The van der Waals surface area contributed by atoms with Crippen LogP contribution in [0.25, 0.3) is 26.3 Å². The van der Waals surface area contributed by atoms with Gasteiger partial charge in [-0.15, -0.1) is 11.3 Å². The van der Waals surface area contributed by atoms with Crippen molar-refractivity contribution < 1.29 is 9.72 Å². The zero-order chi connectivity index (χ0) is 23.3. The lowest BCUT2D eigenvalue weighted by atomic mass is 10.1. The predicted molar refractivity (Wildman–Crippen MR) is 124 cm³/mol.